The highest BCUT2D eigenvalue weighted by molar-refractivity contribution is 5.87. The van der Waals surface area contributed by atoms with Crippen molar-refractivity contribution in [2.24, 2.45) is 0 Å². The third kappa shape index (κ3) is 4.82. The first-order valence-electron chi connectivity index (χ1n) is 5.52. The van der Waals surface area contributed by atoms with Crippen LogP contribution in [-0.4, -0.2) is 27.6 Å². The minimum atomic E-state index is -1.02. The second-order valence-corrected chi connectivity index (χ2v) is 4.90. The maximum Gasteiger partial charge on any atom is 0.335 e. The number of carboxylic acids is 1. The van der Waals surface area contributed by atoms with Crippen LogP contribution in [0, 0.1) is 0 Å². The van der Waals surface area contributed by atoms with E-state index in [0.29, 0.717) is 5.69 Å². The van der Waals surface area contributed by atoms with E-state index in [1.807, 2.05) is 20.8 Å². The van der Waals surface area contributed by atoms with E-state index in [4.69, 9.17) is 5.11 Å². The fraction of sp³-hybridized carbons (Fsp3) is 0.417. The Kier molecular flexibility index (Phi) is 4.25. The minimum Gasteiger partial charge on any atom is -0.478 e. The number of urea groups is 1. The molecule has 0 aliphatic carbocycles. The third-order valence-corrected chi connectivity index (χ3v) is 1.98. The van der Waals surface area contributed by atoms with Crippen LogP contribution in [-0.2, 0) is 6.54 Å². The number of aromatic nitrogens is 1. The molecule has 1 heterocycles. The van der Waals surface area contributed by atoms with Gasteiger partial charge in [0, 0.05) is 11.7 Å². The topological polar surface area (TPSA) is 91.3 Å². The molecule has 0 spiro atoms. The lowest BCUT2D eigenvalue weighted by Crippen LogP contribution is -2.46. The van der Waals surface area contributed by atoms with Gasteiger partial charge in [-0.25, -0.2) is 9.59 Å². The Hall–Kier alpha value is -2.11. The summed E-state index contributed by atoms with van der Waals surface area (Å²) < 4.78 is 0. The van der Waals surface area contributed by atoms with E-state index >= 15 is 0 Å². The first-order valence-corrected chi connectivity index (χ1v) is 5.52. The number of hydrogen-bond donors (Lipinski definition) is 3. The standard InChI is InChI=1S/C12H17N3O3/c1-12(2,3)15-11(18)14-7-9-6-8(10(16)17)4-5-13-9/h4-6H,7H2,1-3H3,(H,16,17)(H2,14,15,18). The SMILES string of the molecule is CC(C)(C)NC(=O)NCc1cc(C(=O)O)ccn1. The van der Waals surface area contributed by atoms with Gasteiger partial charge >= 0.3 is 12.0 Å². The van der Waals surface area contributed by atoms with Gasteiger partial charge in [-0.15, -0.1) is 0 Å². The number of nitrogens with zero attached hydrogens (tertiary/aromatic N) is 1. The fourth-order valence-electron chi connectivity index (χ4n) is 1.26. The molecular formula is C12H17N3O3. The maximum absolute atomic E-state index is 11.5. The number of pyridine rings is 1. The Labute approximate surface area is 105 Å². The van der Waals surface area contributed by atoms with Gasteiger partial charge in [0.1, 0.15) is 0 Å². The van der Waals surface area contributed by atoms with Crippen molar-refractivity contribution in [1.82, 2.24) is 15.6 Å². The lowest BCUT2D eigenvalue weighted by atomic mass is 10.1. The molecule has 0 bridgehead atoms. The molecule has 1 rings (SSSR count). The predicted molar refractivity (Wildman–Crippen MR) is 66.3 cm³/mol. The van der Waals surface area contributed by atoms with E-state index in [1.165, 1.54) is 18.3 Å². The van der Waals surface area contributed by atoms with Gasteiger partial charge in [0.25, 0.3) is 0 Å². The Morgan fingerprint density at radius 1 is 1.39 bits per heavy atom. The van der Waals surface area contributed by atoms with E-state index in [0.717, 1.165) is 0 Å². The second kappa shape index (κ2) is 5.48. The summed E-state index contributed by atoms with van der Waals surface area (Å²) in [5, 5.41) is 14.2. The minimum absolute atomic E-state index is 0.151. The van der Waals surface area contributed by atoms with Crippen molar-refractivity contribution in [1.29, 1.82) is 0 Å². The first kappa shape index (κ1) is 14.0. The molecular weight excluding hydrogens is 234 g/mol. The number of carbonyl (C=O) groups is 2. The van der Waals surface area contributed by atoms with E-state index in [2.05, 4.69) is 15.6 Å². The molecule has 6 heteroatoms. The van der Waals surface area contributed by atoms with E-state index in [1.54, 1.807) is 0 Å². The molecule has 0 radical (unpaired) electrons. The van der Waals surface area contributed by atoms with Crippen LogP contribution in [0.25, 0.3) is 0 Å². The van der Waals surface area contributed by atoms with Crippen LogP contribution in [0.1, 0.15) is 36.8 Å². The van der Waals surface area contributed by atoms with Crippen molar-refractivity contribution in [3.63, 3.8) is 0 Å². The zero-order valence-electron chi connectivity index (χ0n) is 10.7. The molecule has 0 aromatic carbocycles. The molecule has 0 saturated heterocycles. The first-order chi connectivity index (χ1) is 8.28. The summed E-state index contributed by atoms with van der Waals surface area (Å²) in [4.78, 5) is 26.2. The van der Waals surface area contributed by atoms with Crippen LogP contribution in [0.3, 0.4) is 0 Å². The zero-order valence-corrected chi connectivity index (χ0v) is 10.7. The Bertz CT molecular complexity index is 452. The number of carbonyl (C=O) groups excluding carboxylic acids is 1. The molecule has 2 amide bonds. The summed E-state index contributed by atoms with van der Waals surface area (Å²) in [6.45, 7) is 5.80. The molecule has 0 unspecified atom stereocenters. The predicted octanol–water partition coefficient (Wildman–Crippen LogP) is 1.38. The number of hydrogen-bond acceptors (Lipinski definition) is 3. The van der Waals surface area contributed by atoms with E-state index in [9.17, 15) is 9.59 Å². The third-order valence-electron chi connectivity index (χ3n) is 1.98. The van der Waals surface area contributed by atoms with Crippen LogP contribution in [0.4, 0.5) is 4.79 Å². The lowest BCUT2D eigenvalue weighted by molar-refractivity contribution is 0.0696. The van der Waals surface area contributed by atoms with Crippen molar-refractivity contribution < 1.29 is 14.7 Å². The Morgan fingerprint density at radius 2 is 2.06 bits per heavy atom. The van der Waals surface area contributed by atoms with Crippen LogP contribution >= 0.6 is 0 Å². The smallest absolute Gasteiger partial charge is 0.335 e. The highest BCUT2D eigenvalue weighted by Crippen LogP contribution is 2.02. The Balaban J connectivity index is 2.56. The van der Waals surface area contributed by atoms with E-state index in [-0.39, 0.29) is 23.7 Å². The van der Waals surface area contributed by atoms with Gasteiger partial charge in [0.05, 0.1) is 17.8 Å². The number of aromatic carboxylic acids is 1. The van der Waals surface area contributed by atoms with Crippen molar-refractivity contribution in [3.05, 3.63) is 29.6 Å². The molecule has 1 aromatic rings. The van der Waals surface area contributed by atoms with Gasteiger partial charge in [0.2, 0.25) is 0 Å². The average molecular weight is 251 g/mol. The number of nitrogens with one attached hydrogen (secondary N) is 2. The van der Waals surface area contributed by atoms with Crippen molar-refractivity contribution in [3.8, 4) is 0 Å². The average Bonchev–Trinajstić information content (AvgIpc) is 2.24. The molecule has 0 aliphatic heterocycles. The largest absolute Gasteiger partial charge is 0.478 e. The van der Waals surface area contributed by atoms with Gasteiger partial charge in [-0.05, 0) is 32.9 Å². The fourth-order valence-corrected chi connectivity index (χ4v) is 1.26. The monoisotopic (exact) mass is 251 g/mol. The number of rotatable bonds is 3. The zero-order chi connectivity index (χ0) is 13.8. The quantitative estimate of drug-likeness (QED) is 0.756. The molecule has 3 N–H and O–H groups in total. The van der Waals surface area contributed by atoms with Crippen LogP contribution < -0.4 is 10.6 Å². The van der Waals surface area contributed by atoms with Gasteiger partial charge in [-0.2, -0.15) is 0 Å². The summed E-state index contributed by atoms with van der Waals surface area (Å²) in [6.07, 6.45) is 1.40. The lowest BCUT2D eigenvalue weighted by Gasteiger charge is -2.20. The molecule has 6 nitrogen and oxygen atoms in total. The molecule has 0 fully saturated rings. The number of carboxylic acid groups (broad SMARTS) is 1. The summed E-state index contributed by atoms with van der Waals surface area (Å²) in [5.41, 5.74) is 0.331. The van der Waals surface area contributed by atoms with Crippen LogP contribution in [0.2, 0.25) is 0 Å². The van der Waals surface area contributed by atoms with Gasteiger partial charge in [-0.1, -0.05) is 0 Å². The molecule has 0 saturated carbocycles. The second-order valence-electron chi connectivity index (χ2n) is 4.90. The van der Waals surface area contributed by atoms with Crippen LogP contribution in [0.5, 0.6) is 0 Å². The van der Waals surface area contributed by atoms with Gasteiger partial charge in [-0.3, -0.25) is 4.98 Å². The van der Waals surface area contributed by atoms with Gasteiger partial charge < -0.3 is 15.7 Å². The van der Waals surface area contributed by atoms with Gasteiger partial charge in [0.15, 0.2) is 0 Å². The van der Waals surface area contributed by atoms with Crippen molar-refractivity contribution in [2.45, 2.75) is 32.9 Å². The van der Waals surface area contributed by atoms with E-state index < -0.39 is 5.97 Å². The molecule has 0 aliphatic rings. The Morgan fingerprint density at radius 3 is 2.61 bits per heavy atom. The highest BCUT2D eigenvalue weighted by atomic mass is 16.4. The summed E-state index contributed by atoms with van der Waals surface area (Å²) in [6, 6.07) is 2.52. The van der Waals surface area contributed by atoms with Crippen LogP contribution in [0.15, 0.2) is 18.3 Å². The molecule has 1 aromatic heterocycles. The molecule has 0 atom stereocenters. The summed E-state index contributed by atoms with van der Waals surface area (Å²) in [5.74, 6) is -1.02. The summed E-state index contributed by atoms with van der Waals surface area (Å²) in [7, 11) is 0. The molecule has 98 valence electrons. The summed E-state index contributed by atoms with van der Waals surface area (Å²) >= 11 is 0. The number of amides is 2. The maximum atomic E-state index is 11.5. The normalized spacial score (nSPS) is 10.8. The van der Waals surface area contributed by atoms with Crippen molar-refractivity contribution in [2.75, 3.05) is 0 Å². The van der Waals surface area contributed by atoms with Crippen molar-refractivity contribution >= 4 is 12.0 Å². The molecule has 18 heavy (non-hydrogen) atoms. The highest BCUT2D eigenvalue weighted by Gasteiger charge is 2.13.